The van der Waals surface area contributed by atoms with Crippen molar-refractivity contribution in [1.82, 2.24) is 5.32 Å². The van der Waals surface area contributed by atoms with Gasteiger partial charge in [0.05, 0.1) is 0 Å². The highest BCUT2D eigenvalue weighted by atomic mass is 32.2. The van der Waals surface area contributed by atoms with Crippen molar-refractivity contribution < 1.29 is 17.4 Å². The summed E-state index contributed by atoms with van der Waals surface area (Å²) in [5, 5.41) is 8.30. The molecule has 0 radical (unpaired) electrons. The van der Waals surface area contributed by atoms with E-state index >= 15 is 0 Å². The number of benzene rings is 1. The lowest BCUT2D eigenvalue weighted by Crippen LogP contribution is -2.46. The summed E-state index contributed by atoms with van der Waals surface area (Å²) in [6.45, 7) is 5.39. The van der Waals surface area contributed by atoms with Crippen LogP contribution in [-0.4, -0.2) is 20.9 Å². The second kappa shape index (κ2) is 9.95. The largest absolute Gasteiger partial charge is 0.380 e. The van der Waals surface area contributed by atoms with Crippen molar-refractivity contribution in [3.8, 4) is 5.75 Å². The van der Waals surface area contributed by atoms with E-state index in [1.807, 2.05) is 12.1 Å². The minimum absolute atomic E-state index is 0.0850. The highest BCUT2D eigenvalue weighted by Crippen LogP contribution is 2.63. The summed E-state index contributed by atoms with van der Waals surface area (Å²) < 4.78 is 27.5. The lowest BCUT2D eigenvalue weighted by Gasteiger charge is -2.50. The molecule has 0 aliphatic heterocycles. The van der Waals surface area contributed by atoms with Crippen molar-refractivity contribution in [3.63, 3.8) is 0 Å². The number of fused-ring (bicyclic) bond motifs is 5. The Labute approximate surface area is 199 Å². The Kier molecular flexibility index (Phi) is 7.39. The fourth-order valence-corrected chi connectivity index (χ4v) is 7.61. The highest BCUT2D eigenvalue weighted by molar-refractivity contribution is 7.84. The Balaban J connectivity index is 1.40. The Bertz CT molecular complexity index is 963. The first kappa shape index (κ1) is 24.5. The maximum atomic E-state index is 13.1. The first-order valence-electron chi connectivity index (χ1n) is 12.9. The van der Waals surface area contributed by atoms with E-state index in [4.69, 9.17) is 9.32 Å². The van der Waals surface area contributed by atoms with Crippen LogP contribution in [0.2, 0.25) is 0 Å². The van der Waals surface area contributed by atoms with Gasteiger partial charge in [-0.2, -0.15) is 13.6 Å². The van der Waals surface area contributed by atoms with Gasteiger partial charge < -0.3 is 9.50 Å². The number of rotatable bonds is 9. The molecule has 0 heterocycles. The molecule has 4 rings (SSSR count). The summed E-state index contributed by atoms with van der Waals surface area (Å²) in [5.74, 6) is 2.34. The van der Waals surface area contributed by atoms with E-state index in [0.29, 0.717) is 23.5 Å². The molecule has 7 heteroatoms. The van der Waals surface area contributed by atoms with Crippen LogP contribution in [0.5, 0.6) is 5.75 Å². The van der Waals surface area contributed by atoms with Gasteiger partial charge >= 0.3 is 10.3 Å². The number of hydrogen-bond acceptors (Lipinski definition) is 4. The third-order valence-corrected chi connectivity index (χ3v) is 9.23. The number of unbranched alkanes of at least 4 members (excludes halogenated alkanes) is 4. The molecular weight excluding hydrogens is 436 g/mol. The zero-order valence-electron chi connectivity index (χ0n) is 20.1. The van der Waals surface area contributed by atoms with Crippen LogP contribution in [0.1, 0.15) is 95.1 Å². The van der Waals surface area contributed by atoms with Gasteiger partial charge in [-0.3, -0.25) is 4.79 Å². The van der Waals surface area contributed by atoms with Gasteiger partial charge in [0.15, 0.2) is 0 Å². The number of aryl methyl sites for hydroxylation is 1. The number of nitrogens with two attached hydrogens (primary N) is 1. The second-order valence-electron chi connectivity index (χ2n) is 10.7. The van der Waals surface area contributed by atoms with Crippen molar-refractivity contribution in [2.75, 3.05) is 6.54 Å². The summed E-state index contributed by atoms with van der Waals surface area (Å²) in [7, 11) is -4.01. The molecule has 0 bridgehead atoms. The van der Waals surface area contributed by atoms with Crippen LogP contribution < -0.4 is 14.6 Å². The first-order chi connectivity index (χ1) is 15.7. The highest BCUT2D eigenvalue weighted by Gasteiger charge is 2.56. The maximum Gasteiger partial charge on any atom is 0.380 e. The Morgan fingerprint density at radius 2 is 1.94 bits per heavy atom. The normalized spacial score (nSPS) is 30.8. The van der Waals surface area contributed by atoms with Crippen molar-refractivity contribution in [2.24, 2.45) is 28.3 Å². The number of carbonyl (C=O) groups excluding carboxylic acids is 1. The Morgan fingerprint density at radius 1 is 1.15 bits per heavy atom. The summed E-state index contributed by atoms with van der Waals surface area (Å²) in [6.07, 6.45) is 12.4. The van der Waals surface area contributed by atoms with Gasteiger partial charge in [0.25, 0.3) is 0 Å². The lowest BCUT2D eigenvalue weighted by molar-refractivity contribution is -0.130. The fourth-order valence-electron chi connectivity index (χ4n) is 7.24. The van der Waals surface area contributed by atoms with E-state index in [9.17, 15) is 13.2 Å². The molecule has 1 aromatic rings. The predicted molar refractivity (Wildman–Crippen MR) is 130 cm³/mol. The van der Waals surface area contributed by atoms with E-state index in [0.717, 1.165) is 51.5 Å². The van der Waals surface area contributed by atoms with Crippen LogP contribution in [0, 0.1) is 23.2 Å². The van der Waals surface area contributed by atoms with Crippen molar-refractivity contribution in [1.29, 1.82) is 0 Å². The maximum absolute atomic E-state index is 13.1. The Hall–Kier alpha value is -1.60. The third-order valence-electron chi connectivity index (χ3n) is 8.81. The molecule has 2 saturated carbocycles. The minimum Gasteiger partial charge on any atom is -0.371 e. The molecule has 0 unspecified atom stereocenters. The van der Waals surface area contributed by atoms with Crippen LogP contribution in [0.3, 0.4) is 0 Å². The summed E-state index contributed by atoms with van der Waals surface area (Å²) in [5.41, 5.74) is 2.59. The molecule has 184 valence electrons. The zero-order chi connectivity index (χ0) is 23.6. The molecule has 3 aliphatic carbocycles. The fraction of sp³-hybridized carbons (Fsp3) is 0.731. The molecule has 1 aromatic carbocycles. The quantitative estimate of drug-likeness (QED) is 0.499. The van der Waals surface area contributed by atoms with Gasteiger partial charge in [-0.15, -0.1) is 0 Å². The van der Waals surface area contributed by atoms with Crippen LogP contribution in [0.4, 0.5) is 0 Å². The predicted octanol–water partition coefficient (Wildman–Crippen LogP) is 4.83. The molecule has 2 fully saturated rings. The van der Waals surface area contributed by atoms with Crippen molar-refractivity contribution in [2.45, 2.75) is 90.4 Å². The molecule has 3 N–H and O–H groups in total. The monoisotopic (exact) mass is 476 g/mol. The van der Waals surface area contributed by atoms with E-state index in [1.165, 1.54) is 36.8 Å². The number of amides is 1. The van der Waals surface area contributed by atoms with Gasteiger partial charge in [-0.25, -0.2) is 0 Å². The number of nitrogens with one attached hydrogen (secondary N) is 1. The smallest absolute Gasteiger partial charge is 0.371 e. The van der Waals surface area contributed by atoms with E-state index < -0.39 is 10.3 Å². The van der Waals surface area contributed by atoms with Crippen molar-refractivity contribution >= 4 is 16.2 Å². The third kappa shape index (κ3) is 5.24. The summed E-state index contributed by atoms with van der Waals surface area (Å²) >= 11 is 0. The average Bonchev–Trinajstić information content (AvgIpc) is 3.12. The number of hydrogen-bond donors (Lipinski definition) is 2. The molecule has 3 aliphatic rings. The van der Waals surface area contributed by atoms with Gasteiger partial charge in [-0.1, -0.05) is 45.6 Å². The van der Waals surface area contributed by atoms with E-state index in [-0.39, 0.29) is 17.2 Å². The van der Waals surface area contributed by atoms with Crippen LogP contribution in [-0.2, 0) is 21.5 Å². The summed E-state index contributed by atoms with van der Waals surface area (Å²) in [6, 6.07) is 5.60. The van der Waals surface area contributed by atoms with Gasteiger partial charge in [-0.05, 0) is 91.4 Å². The van der Waals surface area contributed by atoms with E-state index in [1.54, 1.807) is 6.07 Å². The molecule has 6 nitrogen and oxygen atoms in total. The Morgan fingerprint density at radius 3 is 2.70 bits per heavy atom. The second-order valence-corrected chi connectivity index (χ2v) is 11.9. The van der Waals surface area contributed by atoms with Crippen LogP contribution >= 0.6 is 0 Å². The SMILES string of the molecule is CCCCCCCNC(=O)[C@H]1CC[C@H]2[C@@H]3CCc4cc(OS(N)(=O)=O)ccc4[C@H]3CC[C@]12C. The molecule has 1 amide bonds. The summed E-state index contributed by atoms with van der Waals surface area (Å²) in [4.78, 5) is 13.1. The molecule has 5 atom stereocenters. The molecule has 0 spiro atoms. The van der Waals surface area contributed by atoms with Gasteiger partial charge in [0.2, 0.25) is 5.91 Å². The molecule has 0 saturated heterocycles. The molecular formula is C26H40N2O4S. The standard InChI is InChI=1S/C26H40N2O4S/c1-3-4-5-6-7-16-28-25(29)24-13-12-23-22-10-8-18-17-19(32-33(27,30)31)9-11-20(18)21(22)14-15-26(23,24)2/h9,11,17,21-24H,3-8,10,12-16H2,1-2H3,(H,28,29)(H2,27,30,31)/t21-,22-,23+,24-,26+/m1/s1. The molecule has 33 heavy (non-hydrogen) atoms. The first-order valence-corrected chi connectivity index (χ1v) is 14.3. The van der Waals surface area contributed by atoms with Crippen molar-refractivity contribution in [3.05, 3.63) is 29.3 Å². The lowest BCUT2D eigenvalue weighted by atomic mass is 9.54. The zero-order valence-corrected chi connectivity index (χ0v) is 21.0. The van der Waals surface area contributed by atoms with Crippen LogP contribution in [0.15, 0.2) is 18.2 Å². The average molecular weight is 477 g/mol. The topological polar surface area (TPSA) is 98.5 Å². The minimum atomic E-state index is -4.01. The van der Waals surface area contributed by atoms with Crippen LogP contribution in [0.25, 0.3) is 0 Å². The van der Waals surface area contributed by atoms with Gasteiger partial charge in [0.1, 0.15) is 5.75 Å². The van der Waals surface area contributed by atoms with Gasteiger partial charge in [0, 0.05) is 12.5 Å². The number of carbonyl (C=O) groups is 1. The van der Waals surface area contributed by atoms with E-state index in [2.05, 4.69) is 19.2 Å². The molecule has 0 aromatic heterocycles.